The van der Waals surface area contributed by atoms with Crippen molar-refractivity contribution in [1.82, 2.24) is 5.32 Å². The van der Waals surface area contributed by atoms with Crippen LogP contribution in [0.4, 0.5) is 0 Å². The number of carbonyl (C=O) groups excluding carboxylic acids is 4. The molecule has 0 aliphatic heterocycles. The zero-order valence-corrected chi connectivity index (χ0v) is 27.3. The van der Waals surface area contributed by atoms with Gasteiger partial charge in [-0.3, -0.25) is 19.2 Å². The molecule has 0 saturated carbocycles. The zero-order valence-electron chi connectivity index (χ0n) is 27.3. The number of nitrogens with one attached hydrogen (secondary N) is 1. The van der Waals surface area contributed by atoms with Crippen LogP contribution in [0.1, 0.15) is 149 Å². The molecule has 2 unspecified atom stereocenters. The Morgan fingerprint density at radius 3 is 1.58 bits per heavy atom. The molecule has 0 aromatic carbocycles. The first kappa shape index (κ1) is 40.8. The first-order chi connectivity index (χ1) is 20.8. The van der Waals surface area contributed by atoms with Gasteiger partial charge in [0.25, 0.3) is 0 Å². The molecule has 10 nitrogen and oxygen atoms in total. The summed E-state index contributed by atoms with van der Waals surface area (Å²) in [5.41, 5.74) is 0. The Bertz CT molecular complexity index is 716. The van der Waals surface area contributed by atoms with Gasteiger partial charge in [-0.15, -0.1) is 0 Å². The summed E-state index contributed by atoms with van der Waals surface area (Å²) in [7, 11) is 0. The number of amides is 1. The quantitative estimate of drug-likeness (QED) is 0.0413. The molecule has 0 fully saturated rings. The molecule has 0 aromatic rings. The van der Waals surface area contributed by atoms with E-state index in [9.17, 15) is 24.3 Å². The number of aliphatic hydroxyl groups excluding tert-OH is 1. The van der Waals surface area contributed by atoms with E-state index in [-0.39, 0.29) is 51.5 Å². The number of unbranched alkanes of at least 4 members (excludes halogenated alkanes) is 12. The molecule has 43 heavy (non-hydrogen) atoms. The van der Waals surface area contributed by atoms with E-state index < -0.39 is 30.3 Å². The van der Waals surface area contributed by atoms with E-state index >= 15 is 0 Å². The number of hydrogen-bond acceptors (Lipinski definition) is 9. The fraction of sp³-hybridized carbons (Fsp3) is 0.879. The highest BCUT2D eigenvalue weighted by molar-refractivity contribution is 5.78. The lowest BCUT2D eigenvalue weighted by Gasteiger charge is -2.21. The average molecular weight is 616 g/mol. The molecule has 2 atom stereocenters. The van der Waals surface area contributed by atoms with Gasteiger partial charge in [-0.1, -0.05) is 104 Å². The van der Waals surface area contributed by atoms with E-state index in [1.807, 2.05) is 13.8 Å². The summed E-state index contributed by atoms with van der Waals surface area (Å²) in [5, 5.41) is 12.7. The van der Waals surface area contributed by atoms with E-state index in [1.165, 1.54) is 64.2 Å². The molecule has 0 aliphatic rings. The minimum Gasteiger partial charge on any atom is -0.464 e. The van der Waals surface area contributed by atoms with Gasteiger partial charge in [0.2, 0.25) is 5.91 Å². The first-order valence-corrected chi connectivity index (χ1v) is 16.9. The minimum absolute atomic E-state index is 0.0343. The molecule has 2 N–H and O–H groups in total. The van der Waals surface area contributed by atoms with Crippen molar-refractivity contribution in [3.05, 3.63) is 0 Å². The van der Waals surface area contributed by atoms with Gasteiger partial charge in [0.1, 0.15) is 25.9 Å². The second kappa shape index (κ2) is 29.9. The van der Waals surface area contributed by atoms with Crippen LogP contribution in [-0.2, 0) is 38.1 Å². The van der Waals surface area contributed by atoms with Crippen molar-refractivity contribution < 1.29 is 43.2 Å². The highest BCUT2D eigenvalue weighted by atomic mass is 16.6. The summed E-state index contributed by atoms with van der Waals surface area (Å²) in [6.45, 7) is 5.87. The van der Waals surface area contributed by atoms with Crippen LogP contribution in [-0.4, -0.2) is 67.7 Å². The largest absolute Gasteiger partial charge is 0.464 e. The number of aliphatic hydroxyl groups is 1. The second-order valence-electron chi connectivity index (χ2n) is 11.2. The van der Waals surface area contributed by atoms with Crippen LogP contribution >= 0.6 is 0 Å². The van der Waals surface area contributed by atoms with Crippen LogP contribution in [0.2, 0.25) is 0 Å². The molecule has 0 bridgehead atoms. The molecule has 0 spiro atoms. The van der Waals surface area contributed by atoms with Gasteiger partial charge in [0.05, 0.1) is 19.4 Å². The maximum absolute atomic E-state index is 12.1. The Morgan fingerprint density at radius 2 is 1.07 bits per heavy atom. The molecule has 0 aliphatic carbocycles. The van der Waals surface area contributed by atoms with Gasteiger partial charge < -0.3 is 29.4 Å². The molecule has 0 rings (SSSR count). The van der Waals surface area contributed by atoms with E-state index in [1.54, 1.807) is 0 Å². The average Bonchev–Trinajstić information content (AvgIpc) is 2.98. The Kier molecular flexibility index (Phi) is 28.3. The number of rotatable bonds is 30. The topological polar surface area (TPSA) is 137 Å². The van der Waals surface area contributed by atoms with Gasteiger partial charge in [0.15, 0.2) is 6.29 Å². The SMILES string of the molecule is CCCCCCCCCCCCCCCC(=O)NCCOC(=O)CCC(=O)OCC(COC(=O)CCC)OC(O)CCC. The molecule has 1 amide bonds. The summed E-state index contributed by atoms with van der Waals surface area (Å²) < 4.78 is 20.8. The molecule has 0 heterocycles. The van der Waals surface area contributed by atoms with Gasteiger partial charge >= 0.3 is 17.9 Å². The third-order valence-corrected chi connectivity index (χ3v) is 6.93. The van der Waals surface area contributed by atoms with E-state index in [2.05, 4.69) is 12.2 Å². The summed E-state index contributed by atoms with van der Waals surface area (Å²) >= 11 is 0. The minimum atomic E-state index is -1.07. The van der Waals surface area contributed by atoms with Crippen LogP contribution in [0.15, 0.2) is 0 Å². The van der Waals surface area contributed by atoms with Crippen LogP contribution in [0.25, 0.3) is 0 Å². The van der Waals surface area contributed by atoms with Gasteiger partial charge in [-0.25, -0.2) is 0 Å². The van der Waals surface area contributed by atoms with Crippen LogP contribution in [0.5, 0.6) is 0 Å². The summed E-state index contributed by atoms with van der Waals surface area (Å²) in [6.07, 6.45) is 16.6. The zero-order chi connectivity index (χ0) is 32.0. The normalized spacial score (nSPS) is 12.4. The standard InChI is InChI=1S/C33H61NO9/c1-4-7-8-9-10-11-12-13-14-15-16-17-18-21-29(35)34-24-25-40-31(37)22-23-32(38)42-27-28(43-33(39)20-6-3)26-41-30(36)19-5-2/h28,33,39H,4-27H2,1-3H3,(H,34,35). The Morgan fingerprint density at radius 1 is 0.581 bits per heavy atom. The molecule has 10 heteroatoms. The first-order valence-electron chi connectivity index (χ1n) is 16.9. The van der Waals surface area contributed by atoms with Crippen molar-refractivity contribution in [2.75, 3.05) is 26.4 Å². The van der Waals surface area contributed by atoms with Crippen LogP contribution in [0, 0.1) is 0 Å². The van der Waals surface area contributed by atoms with E-state index in [4.69, 9.17) is 18.9 Å². The summed E-state index contributed by atoms with van der Waals surface area (Å²) in [4.78, 5) is 47.6. The predicted octanol–water partition coefficient (Wildman–Crippen LogP) is 6.30. The van der Waals surface area contributed by atoms with Gasteiger partial charge in [-0.05, 0) is 19.3 Å². The van der Waals surface area contributed by atoms with Crippen LogP contribution in [0.3, 0.4) is 0 Å². The number of carbonyl (C=O) groups is 4. The molecule has 0 saturated heterocycles. The van der Waals surface area contributed by atoms with Crippen molar-refractivity contribution in [3.8, 4) is 0 Å². The lowest BCUT2D eigenvalue weighted by atomic mass is 10.0. The Hall–Kier alpha value is -2.20. The van der Waals surface area contributed by atoms with Crippen molar-refractivity contribution in [2.45, 2.75) is 162 Å². The summed E-state index contributed by atoms with van der Waals surface area (Å²) in [6, 6.07) is 0. The van der Waals surface area contributed by atoms with Crippen molar-refractivity contribution in [3.63, 3.8) is 0 Å². The monoisotopic (exact) mass is 615 g/mol. The highest BCUT2D eigenvalue weighted by Gasteiger charge is 2.19. The smallest absolute Gasteiger partial charge is 0.306 e. The predicted molar refractivity (Wildman–Crippen MR) is 166 cm³/mol. The Balaban J connectivity index is 3.84. The second-order valence-corrected chi connectivity index (χ2v) is 11.2. The fourth-order valence-electron chi connectivity index (χ4n) is 4.41. The molecule has 0 radical (unpaired) electrons. The third-order valence-electron chi connectivity index (χ3n) is 6.93. The molecule has 0 aromatic heterocycles. The van der Waals surface area contributed by atoms with E-state index in [0.29, 0.717) is 25.7 Å². The maximum atomic E-state index is 12.1. The van der Waals surface area contributed by atoms with Gasteiger partial charge in [0, 0.05) is 12.8 Å². The highest BCUT2D eigenvalue weighted by Crippen LogP contribution is 2.13. The van der Waals surface area contributed by atoms with Crippen LogP contribution < -0.4 is 5.32 Å². The number of esters is 3. The van der Waals surface area contributed by atoms with Crippen molar-refractivity contribution in [1.29, 1.82) is 0 Å². The van der Waals surface area contributed by atoms with E-state index in [0.717, 1.165) is 19.3 Å². The Labute approximate surface area is 260 Å². The third kappa shape index (κ3) is 28.3. The summed E-state index contributed by atoms with van der Waals surface area (Å²) in [5.74, 6) is -1.65. The van der Waals surface area contributed by atoms with Crippen molar-refractivity contribution >= 4 is 23.8 Å². The maximum Gasteiger partial charge on any atom is 0.306 e. The van der Waals surface area contributed by atoms with Gasteiger partial charge in [-0.2, -0.15) is 0 Å². The number of hydrogen-bond donors (Lipinski definition) is 2. The molecule has 252 valence electrons. The lowest BCUT2D eigenvalue weighted by Crippen LogP contribution is -2.32. The fourth-order valence-corrected chi connectivity index (χ4v) is 4.41. The molecular weight excluding hydrogens is 554 g/mol. The lowest BCUT2D eigenvalue weighted by molar-refractivity contribution is -0.182. The number of ether oxygens (including phenoxy) is 4. The molecular formula is C33H61NO9. The van der Waals surface area contributed by atoms with Crippen molar-refractivity contribution in [2.24, 2.45) is 0 Å².